The van der Waals surface area contributed by atoms with Gasteiger partial charge >= 0.3 is 0 Å². The predicted molar refractivity (Wildman–Crippen MR) is 77.0 cm³/mol. The van der Waals surface area contributed by atoms with Crippen molar-refractivity contribution in [1.29, 1.82) is 0 Å². The first-order chi connectivity index (χ1) is 9.45. The van der Waals surface area contributed by atoms with E-state index >= 15 is 0 Å². The van der Waals surface area contributed by atoms with E-state index in [0.29, 0.717) is 17.9 Å². The summed E-state index contributed by atoms with van der Waals surface area (Å²) in [6.07, 6.45) is 1.24. The lowest BCUT2D eigenvalue weighted by atomic mass is 10.1. The van der Waals surface area contributed by atoms with E-state index < -0.39 is 11.9 Å². The van der Waals surface area contributed by atoms with Crippen LogP contribution in [0.5, 0.6) is 5.75 Å². The molecular weight excluding hydrogens is 259 g/mol. The van der Waals surface area contributed by atoms with Gasteiger partial charge in [-0.15, -0.1) is 0 Å². The van der Waals surface area contributed by atoms with E-state index in [1.54, 1.807) is 19.9 Å². The summed E-state index contributed by atoms with van der Waals surface area (Å²) in [5.41, 5.74) is 6.49. The van der Waals surface area contributed by atoms with Crippen LogP contribution in [0.4, 0.5) is 4.39 Å². The normalized spacial score (nSPS) is 13.7. The number of unbranched alkanes of at least 4 members (excludes halogenated alkanes) is 1. The minimum Gasteiger partial charge on any atom is -0.480 e. The molecule has 5 heteroatoms. The van der Waals surface area contributed by atoms with Crippen molar-refractivity contribution in [1.82, 2.24) is 5.32 Å². The Kier molecular flexibility index (Phi) is 6.45. The molecular formula is C15H23FN2O2. The summed E-state index contributed by atoms with van der Waals surface area (Å²) in [4.78, 5) is 11.8. The number of amides is 1. The SMILES string of the molecule is CCCCNC(=O)C(C)Oc1cc(F)ccc1C(C)N. The van der Waals surface area contributed by atoms with Gasteiger partial charge in [0.05, 0.1) is 0 Å². The molecule has 2 atom stereocenters. The Balaban J connectivity index is 2.71. The molecule has 112 valence electrons. The fourth-order valence-electron chi connectivity index (χ4n) is 1.76. The van der Waals surface area contributed by atoms with Crippen molar-refractivity contribution >= 4 is 5.91 Å². The average Bonchev–Trinajstić information content (AvgIpc) is 2.38. The van der Waals surface area contributed by atoms with Crippen molar-refractivity contribution in [3.05, 3.63) is 29.6 Å². The van der Waals surface area contributed by atoms with Gasteiger partial charge in [-0.05, 0) is 26.3 Å². The number of hydrogen-bond donors (Lipinski definition) is 2. The fourth-order valence-corrected chi connectivity index (χ4v) is 1.76. The quantitative estimate of drug-likeness (QED) is 0.755. The summed E-state index contributed by atoms with van der Waals surface area (Å²) >= 11 is 0. The number of rotatable bonds is 7. The molecule has 2 unspecified atom stereocenters. The minimum atomic E-state index is -0.689. The predicted octanol–water partition coefficient (Wildman–Crippen LogP) is 2.53. The second kappa shape index (κ2) is 7.85. The van der Waals surface area contributed by atoms with Crippen LogP contribution in [0.2, 0.25) is 0 Å². The summed E-state index contributed by atoms with van der Waals surface area (Å²) in [6, 6.07) is 3.88. The third kappa shape index (κ3) is 4.81. The zero-order chi connectivity index (χ0) is 15.1. The molecule has 20 heavy (non-hydrogen) atoms. The minimum absolute atomic E-state index is 0.210. The molecule has 0 radical (unpaired) electrons. The van der Waals surface area contributed by atoms with Crippen molar-refractivity contribution in [3.8, 4) is 5.75 Å². The second-order valence-corrected chi connectivity index (χ2v) is 4.88. The number of carbonyl (C=O) groups excluding carboxylic acids is 1. The third-order valence-electron chi connectivity index (χ3n) is 2.97. The van der Waals surface area contributed by atoms with E-state index in [-0.39, 0.29) is 11.9 Å². The first kappa shape index (κ1) is 16.4. The highest BCUT2D eigenvalue weighted by molar-refractivity contribution is 5.80. The molecule has 0 saturated heterocycles. The standard InChI is InChI=1S/C15H23FN2O2/c1-4-5-8-18-15(19)11(3)20-14-9-12(16)6-7-13(14)10(2)17/h6-7,9-11H,4-5,8,17H2,1-3H3,(H,18,19). The van der Waals surface area contributed by atoms with Crippen molar-refractivity contribution in [3.63, 3.8) is 0 Å². The molecule has 0 saturated carbocycles. The zero-order valence-corrected chi connectivity index (χ0v) is 12.3. The first-order valence-electron chi connectivity index (χ1n) is 6.95. The summed E-state index contributed by atoms with van der Waals surface area (Å²) in [6.45, 7) is 6.09. The van der Waals surface area contributed by atoms with Crippen LogP contribution >= 0.6 is 0 Å². The molecule has 1 aromatic carbocycles. The molecule has 0 spiro atoms. The molecule has 0 heterocycles. The highest BCUT2D eigenvalue weighted by Crippen LogP contribution is 2.25. The van der Waals surface area contributed by atoms with Gasteiger partial charge in [0.25, 0.3) is 5.91 Å². The molecule has 0 bridgehead atoms. The molecule has 0 aromatic heterocycles. The lowest BCUT2D eigenvalue weighted by Crippen LogP contribution is -2.37. The summed E-state index contributed by atoms with van der Waals surface area (Å²) in [7, 11) is 0. The van der Waals surface area contributed by atoms with E-state index in [9.17, 15) is 9.18 Å². The Morgan fingerprint density at radius 1 is 1.45 bits per heavy atom. The Morgan fingerprint density at radius 2 is 2.15 bits per heavy atom. The Labute approximate surface area is 119 Å². The smallest absolute Gasteiger partial charge is 0.260 e. The largest absolute Gasteiger partial charge is 0.480 e. The first-order valence-corrected chi connectivity index (χ1v) is 6.95. The molecule has 0 aliphatic rings. The Hall–Kier alpha value is -1.62. The van der Waals surface area contributed by atoms with Crippen molar-refractivity contribution in [2.45, 2.75) is 45.8 Å². The molecule has 4 nitrogen and oxygen atoms in total. The van der Waals surface area contributed by atoms with E-state index in [0.717, 1.165) is 12.8 Å². The number of benzene rings is 1. The number of carbonyl (C=O) groups is 1. The molecule has 1 aromatic rings. The van der Waals surface area contributed by atoms with Crippen LogP contribution in [0.25, 0.3) is 0 Å². The molecule has 0 aliphatic heterocycles. The van der Waals surface area contributed by atoms with Gasteiger partial charge in [-0.25, -0.2) is 4.39 Å². The number of nitrogens with two attached hydrogens (primary N) is 1. The van der Waals surface area contributed by atoms with Crippen LogP contribution in [0.15, 0.2) is 18.2 Å². The van der Waals surface area contributed by atoms with Gasteiger partial charge in [0.15, 0.2) is 6.10 Å². The summed E-state index contributed by atoms with van der Waals surface area (Å²) < 4.78 is 18.8. The zero-order valence-electron chi connectivity index (χ0n) is 12.3. The third-order valence-corrected chi connectivity index (χ3v) is 2.97. The monoisotopic (exact) mass is 282 g/mol. The summed E-state index contributed by atoms with van der Waals surface area (Å²) in [5.74, 6) is -0.306. The van der Waals surface area contributed by atoms with Crippen LogP contribution in [-0.2, 0) is 4.79 Å². The molecule has 0 fully saturated rings. The average molecular weight is 282 g/mol. The number of hydrogen-bond acceptors (Lipinski definition) is 3. The Bertz CT molecular complexity index is 449. The van der Waals surface area contributed by atoms with Gasteiger partial charge in [-0.3, -0.25) is 4.79 Å². The van der Waals surface area contributed by atoms with E-state index in [4.69, 9.17) is 10.5 Å². The number of halogens is 1. The van der Waals surface area contributed by atoms with Gasteiger partial charge < -0.3 is 15.8 Å². The maximum atomic E-state index is 13.3. The van der Waals surface area contributed by atoms with Crippen molar-refractivity contribution < 1.29 is 13.9 Å². The van der Waals surface area contributed by atoms with Gasteiger partial charge in [0.2, 0.25) is 0 Å². The lowest BCUT2D eigenvalue weighted by Gasteiger charge is -2.18. The highest BCUT2D eigenvalue weighted by Gasteiger charge is 2.17. The molecule has 0 aliphatic carbocycles. The van der Waals surface area contributed by atoms with Gasteiger partial charge in [0.1, 0.15) is 11.6 Å². The number of nitrogens with one attached hydrogen (secondary N) is 1. The topological polar surface area (TPSA) is 64.3 Å². The van der Waals surface area contributed by atoms with E-state index in [2.05, 4.69) is 5.32 Å². The van der Waals surface area contributed by atoms with E-state index in [1.807, 2.05) is 6.92 Å². The van der Waals surface area contributed by atoms with Crippen molar-refractivity contribution in [2.24, 2.45) is 5.73 Å². The van der Waals surface area contributed by atoms with Gasteiger partial charge in [-0.2, -0.15) is 0 Å². The van der Waals surface area contributed by atoms with Crippen LogP contribution in [0.1, 0.15) is 45.2 Å². The summed E-state index contributed by atoms with van der Waals surface area (Å²) in [5, 5.41) is 2.78. The van der Waals surface area contributed by atoms with Gasteiger partial charge in [-0.1, -0.05) is 19.4 Å². The van der Waals surface area contributed by atoms with E-state index in [1.165, 1.54) is 12.1 Å². The van der Waals surface area contributed by atoms with Crippen LogP contribution in [0, 0.1) is 5.82 Å². The molecule has 1 rings (SSSR count). The number of ether oxygens (including phenoxy) is 1. The lowest BCUT2D eigenvalue weighted by molar-refractivity contribution is -0.127. The second-order valence-electron chi connectivity index (χ2n) is 4.88. The maximum Gasteiger partial charge on any atom is 0.260 e. The molecule has 3 N–H and O–H groups in total. The maximum absolute atomic E-state index is 13.3. The fraction of sp³-hybridized carbons (Fsp3) is 0.533. The van der Waals surface area contributed by atoms with Crippen molar-refractivity contribution in [2.75, 3.05) is 6.54 Å². The molecule has 1 amide bonds. The van der Waals surface area contributed by atoms with Crippen LogP contribution in [0.3, 0.4) is 0 Å². The highest BCUT2D eigenvalue weighted by atomic mass is 19.1. The van der Waals surface area contributed by atoms with Gasteiger partial charge in [0, 0.05) is 24.2 Å². The Morgan fingerprint density at radius 3 is 2.75 bits per heavy atom. The van der Waals surface area contributed by atoms with Crippen LogP contribution < -0.4 is 15.8 Å². The van der Waals surface area contributed by atoms with Crippen LogP contribution in [-0.4, -0.2) is 18.6 Å².